The van der Waals surface area contributed by atoms with Gasteiger partial charge in [0.15, 0.2) is 0 Å². The topological polar surface area (TPSA) is 101 Å². The molecule has 0 radical (unpaired) electrons. The largest absolute Gasteiger partial charge is 0.396 e. The molecular weight excluding hydrogens is 176 g/mol. The average Bonchev–Trinajstić information content (AvgIpc) is 2.11. The van der Waals surface area contributed by atoms with Gasteiger partial charge in [-0.3, -0.25) is 0 Å². The van der Waals surface area contributed by atoms with Crippen LogP contribution in [0.25, 0.3) is 0 Å². The van der Waals surface area contributed by atoms with Crippen LogP contribution in [-0.4, -0.2) is 56.6 Å². The van der Waals surface area contributed by atoms with Gasteiger partial charge in [-0.2, -0.15) is 0 Å². The summed E-state index contributed by atoms with van der Waals surface area (Å²) in [5, 5.41) is 45.8. The molecule has 1 aliphatic carbocycles. The Morgan fingerprint density at radius 3 is 2.08 bits per heavy atom. The quantitative estimate of drug-likeness (QED) is 0.343. The van der Waals surface area contributed by atoms with Crippen LogP contribution >= 0.6 is 0 Å². The number of hydrogen-bond acceptors (Lipinski definition) is 5. The highest BCUT2D eigenvalue weighted by molar-refractivity contribution is 4.92. The average molecular weight is 192 g/mol. The first-order valence-corrected chi connectivity index (χ1v) is 4.41. The number of hydrogen-bond donors (Lipinski definition) is 5. The van der Waals surface area contributed by atoms with Crippen molar-refractivity contribution >= 4 is 0 Å². The molecule has 0 heterocycles. The molecule has 0 aromatic heterocycles. The Morgan fingerprint density at radius 1 is 0.923 bits per heavy atom. The zero-order valence-corrected chi connectivity index (χ0v) is 7.24. The summed E-state index contributed by atoms with van der Waals surface area (Å²) in [4.78, 5) is 0. The molecule has 1 fully saturated rings. The van der Waals surface area contributed by atoms with E-state index in [1.807, 2.05) is 0 Å². The first-order chi connectivity index (χ1) is 6.07. The first kappa shape index (κ1) is 10.9. The van der Waals surface area contributed by atoms with Crippen molar-refractivity contribution in [2.75, 3.05) is 6.61 Å². The molecule has 0 aromatic carbocycles. The molecule has 0 aliphatic heterocycles. The van der Waals surface area contributed by atoms with E-state index in [0.717, 1.165) is 0 Å². The predicted molar refractivity (Wildman–Crippen MR) is 43.8 cm³/mol. The molecular formula is C8H16O5. The number of rotatable bonds is 2. The van der Waals surface area contributed by atoms with E-state index in [9.17, 15) is 20.4 Å². The molecule has 1 saturated carbocycles. The SMILES string of the molecule is OCC[C@H]1C[C@H](O)[C@H](O)[C@@H](O)[C@H]1O. The molecule has 0 aromatic rings. The zero-order valence-electron chi connectivity index (χ0n) is 7.24. The zero-order chi connectivity index (χ0) is 10.0. The molecule has 0 spiro atoms. The summed E-state index contributed by atoms with van der Waals surface area (Å²) in [5.74, 6) is -0.349. The molecule has 5 atom stereocenters. The Labute approximate surface area is 76.3 Å². The molecule has 5 heteroatoms. The molecule has 0 bridgehead atoms. The predicted octanol–water partition coefficient (Wildman–Crippen LogP) is -2.17. The highest BCUT2D eigenvalue weighted by Crippen LogP contribution is 2.27. The van der Waals surface area contributed by atoms with E-state index < -0.39 is 24.4 Å². The smallest absolute Gasteiger partial charge is 0.108 e. The Bertz CT molecular complexity index is 163. The molecule has 5 N–H and O–H groups in total. The molecule has 5 nitrogen and oxygen atoms in total. The van der Waals surface area contributed by atoms with Gasteiger partial charge in [0.05, 0.1) is 12.2 Å². The van der Waals surface area contributed by atoms with Crippen molar-refractivity contribution in [2.24, 2.45) is 5.92 Å². The fraction of sp³-hybridized carbons (Fsp3) is 1.00. The second-order valence-corrected chi connectivity index (χ2v) is 3.55. The van der Waals surface area contributed by atoms with Gasteiger partial charge in [0.25, 0.3) is 0 Å². The van der Waals surface area contributed by atoms with Gasteiger partial charge in [0.2, 0.25) is 0 Å². The fourth-order valence-corrected chi connectivity index (χ4v) is 1.75. The highest BCUT2D eigenvalue weighted by atomic mass is 16.4. The Morgan fingerprint density at radius 2 is 1.54 bits per heavy atom. The molecule has 1 aliphatic rings. The molecule has 1 rings (SSSR count). The van der Waals surface area contributed by atoms with Crippen molar-refractivity contribution in [1.29, 1.82) is 0 Å². The molecule has 0 amide bonds. The standard InChI is InChI=1S/C8H16O5/c9-2-1-4-3-5(10)7(12)8(13)6(4)11/h4-13H,1-3H2/t4-,5-,6-,7-,8-/m0/s1. The summed E-state index contributed by atoms with van der Waals surface area (Å²) in [7, 11) is 0. The van der Waals surface area contributed by atoms with Crippen molar-refractivity contribution in [2.45, 2.75) is 37.3 Å². The van der Waals surface area contributed by atoms with Crippen LogP contribution in [0.1, 0.15) is 12.8 Å². The normalized spacial score (nSPS) is 46.4. The van der Waals surface area contributed by atoms with Crippen LogP contribution in [0.3, 0.4) is 0 Å². The van der Waals surface area contributed by atoms with Crippen molar-refractivity contribution in [3.8, 4) is 0 Å². The van der Waals surface area contributed by atoms with Crippen molar-refractivity contribution in [1.82, 2.24) is 0 Å². The van der Waals surface area contributed by atoms with E-state index in [2.05, 4.69) is 0 Å². The maximum Gasteiger partial charge on any atom is 0.108 e. The minimum atomic E-state index is -1.32. The Hall–Kier alpha value is -0.200. The third-order valence-corrected chi connectivity index (χ3v) is 2.62. The van der Waals surface area contributed by atoms with E-state index in [4.69, 9.17) is 5.11 Å². The van der Waals surface area contributed by atoms with Crippen molar-refractivity contribution in [3.05, 3.63) is 0 Å². The van der Waals surface area contributed by atoms with Gasteiger partial charge in [-0.25, -0.2) is 0 Å². The third-order valence-electron chi connectivity index (χ3n) is 2.62. The summed E-state index contributed by atoms with van der Waals surface area (Å²) >= 11 is 0. The number of aliphatic hydroxyl groups is 5. The Kier molecular flexibility index (Phi) is 3.63. The summed E-state index contributed by atoms with van der Waals surface area (Å²) in [6.07, 6.45) is -4.16. The van der Waals surface area contributed by atoms with Crippen LogP contribution in [0.5, 0.6) is 0 Å². The lowest BCUT2D eigenvalue weighted by Crippen LogP contribution is -2.53. The van der Waals surface area contributed by atoms with E-state index in [-0.39, 0.29) is 18.9 Å². The molecule has 78 valence electrons. The van der Waals surface area contributed by atoms with Crippen LogP contribution in [0.2, 0.25) is 0 Å². The van der Waals surface area contributed by atoms with E-state index in [1.165, 1.54) is 0 Å². The van der Waals surface area contributed by atoms with E-state index >= 15 is 0 Å². The van der Waals surface area contributed by atoms with E-state index in [1.54, 1.807) is 0 Å². The van der Waals surface area contributed by atoms with Gasteiger partial charge in [0.1, 0.15) is 12.2 Å². The van der Waals surface area contributed by atoms with Crippen molar-refractivity contribution < 1.29 is 25.5 Å². The lowest BCUT2D eigenvalue weighted by Gasteiger charge is -2.38. The summed E-state index contributed by atoms with van der Waals surface area (Å²) in [5.41, 5.74) is 0. The van der Waals surface area contributed by atoms with Gasteiger partial charge in [-0.15, -0.1) is 0 Å². The van der Waals surface area contributed by atoms with Gasteiger partial charge in [-0.1, -0.05) is 0 Å². The van der Waals surface area contributed by atoms with Crippen LogP contribution in [0, 0.1) is 5.92 Å². The van der Waals surface area contributed by atoms with E-state index in [0.29, 0.717) is 6.42 Å². The van der Waals surface area contributed by atoms with Gasteiger partial charge in [-0.05, 0) is 18.8 Å². The first-order valence-electron chi connectivity index (χ1n) is 4.41. The minimum absolute atomic E-state index is 0.0999. The molecule has 0 saturated heterocycles. The maximum absolute atomic E-state index is 9.42. The summed E-state index contributed by atoms with van der Waals surface area (Å²) in [6, 6.07) is 0. The third kappa shape index (κ3) is 2.18. The van der Waals surface area contributed by atoms with Crippen LogP contribution in [0.4, 0.5) is 0 Å². The lowest BCUT2D eigenvalue weighted by molar-refractivity contribution is -0.159. The maximum atomic E-state index is 9.42. The monoisotopic (exact) mass is 192 g/mol. The second-order valence-electron chi connectivity index (χ2n) is 3.55. The van der Waals surface area contributed by atoms with Gasteiger partial charge in [0, 0.05) is 6.61 Å². The molecule has 0 unspecified atom stereocenters. The fourth-order valence-electron chi connectivity index (χ4n) is 1.75. The molecule has 13 heavy (non-hydrogen) atoms. The van der Waals surface area contributed by atoms with Crippen LogP contribution in [0.15, 0.2) is 0 Å². The Balaban J connectivity index is 2.59. The highest BCUT2D eigenvalue weighted by Gasteiger charge is 2.41. The summed E-state index contributed by atoms with van der Waals surface area (Å²) in [6.45, 7) is -0.0999. The van der Waals surface area contributed by atoms with Gasteiger partial charge >= 0.3 is 0 Å². The van der Waals surface area contributed by atoms with Crippen molar-refractivity contribution in [3.63, 3.8) is 0 Å². The number of aliphatic hydroxyl groups excluding tert-OH is 5. The minimum Gasteiger partial charge on any atom is -0.396 e. The summed E-state index contributed by atoms with van der Waals surface area (Å²) < 4.78 is 0. The van der Waals surface area contributed by atoms with Crippen LogP contribution in [-0.2, 0) is 0 Å². The lowest BCUT2D eigenvalue weighted by atomic mass is 9.79. The van der Waals surface area contributed by atoms with Crippen LogP contribution < -0.4 is 0 Å². The van der Waals surface area contributed by atoms with Gasteiger partial charge < -0.3 is 25.5 Å². The second kappa shape index (κ2) is 4.34.